The van der Waals surface area contributed by atoms with E-state index in [4.69, 9.17) is 9.40 Å². The predicted octanol–water partition coefficient (Wildman–Crippen LogP) is 3.98. The summed E-state index contributed by atoms with van der Waals surface area (Å²) >= 11 is 0. The number of furan rings is 1. The van der Waals surface area contributed by atoms with Crippen molar-refractivity contribution in [3.05, 3.63) is 59.6 Å². The molecular weight excluding hydrogens is 385 g/mol. The number of nitrogens with zero attached hydrogens (tertiary/aromatic N) is 4. The van der Waals surface area contributed by atoms with Crippen LogP contribution in [-0.4, -0.2) is 45.3 Å². The Balaban J connectivity index is 1.38. The number of aromatic nitrogens is 3. The number of aryl methyl sites for hydroxylation is 1. The number of rotatable bonds is 3. The van der Waals surface area contributed by atoms with Crippen LogP contribution >= 0.6 is 0 Å². The molecule has 0 unspecified atom stereocenters. The lowest BCUT2D eigenvalue weighted by molar-refractivity contribution is 0.0998. The summed E-state index contributed by atoms with van der Waals surface area (Å²) in [6, 6.07) is 6.74. The van der Waals surface area contributed by atoms with Gasteiger partial charge in [0, 0.05) is 36.1 Å². The molecular formula is C22H22FN5O2. The zero-order chi connectivity index (χ0) is 20.8. The van der Waals surface area contributed by atoms with Gasteiger partial charge in [0.1, 0.15) is 5.52 Å². The smallest absolute Gasteiger partial charge is 0.291 e. The van der Waals surface area contributed by atoms with Gasteiger partial charge in [-0.1, -0.05) is 0 Å². The Morgan fingerprint density at radius 2 is 2.00 bits per heavy atom. The second kappa shape index (κ2) is 7.21. The van der Waals surface area contributed by atoms with Gasteiger partial charge in [-0.3, -0.25) is 4.79 Å². The summed E-state index contributed by atoms with van der Waals surface area (Å²) in [4.78, 5) is 23.8. The number of halogens is 1. The highest BCUT2D eigenvalue weighted by atomic mass is 19.1. The van der Waals surface area contributed by atoms with E-state index in [1.54, 1.807) is 29.8 Å². The average Bonchev–Trinajstić information content (AvgIpc) is 3.31. The number of anilines is 1. The Labute approximate surface area is 172 Å². The van der Waals surface area contributed by atoms with Crippen molar-refractivity contribution in [2.45, 2.75) is 25.7 Å². The Hall–Kier alpha value is -3.26. The first kappa shape index (κ1) is 18.7. The third-order valence-electron chi connectivity index (χ3n) is 5.64. The number of amides is 1. The lowest BCUT2D eigenvalue weighted by Crippen LogP contribution is -2.29. The van der Waals surface area contributed by atoms with Crippen LogP contribution in [0.4, 0.5) is 10.1 Å². The first-order valence-corrected chi connectivity index (χ1v) is 10.0. The highest BCUT2D eigenvalue weighted by molar-refractivity contribution is 6.04. The zero-order valence-corrected chi connectivity index (χ0v) is 16.9. The third-order valence-corrected chi connectivity index (χ3v) is 5.64. The van der Waals surface area contributed by atoms with Gasteiger partial charge in [0.25, 0.3) is 5.91 Å². The quantitative estimate of drug-likeness (QED) is 0.556. The fourth-order valence-electron chi connectivity index (χ4n) is 4.02. The lowest BCUT2D eigenvalue weighted by Gasteiger charge is -2.28. The SMILES string of the molecule is Cc1cn2cc(NC(=O)c3cc4nc(C5CCN(C)CC5)ccc4o3)cc(F)c2n1. The van der Waals surface area contributed by atoms with Gasteiger partial charge >= 0.3 is 0 Å². The fraction of sp³-hybridized carbons (Fsp3) is 0.318. The number of likely N-dealkylation sites (tertiary alicyclic amines) is 1. The van der Waals surface area contributed by atoms with Crippen molar-refractivity contribution in [1.29, 1.82) is 0 Å². The van der Waals surface area contributed by atoms with Crippen molar-refractivity contribution in [3.63, 3.8) is 0 Å². The molecule has 1 aliphatic rings. The van der Waals surface area contributed by atoms with Gasteiger partial charge in [-0.2, -0.15) is 0 Å². The van der Waals surface area contributed by atoms with E-state index in [2.05, 4.69) is 22.2 Å². The van der Waals surface area contributed by atoms with Crippen LogP contribution in [0.1, 0.15) is 40.7 Å². The molecule has 0 bridgehead atoms. The van der Waals surface area contributed by atoms with E-state index < -0.39 is 11.7 Å². The number of nitrogens with one attached hydrogen (secondary N) is 1. The van der Waals surface area contributed by atoms with Crippen molar-refractivity contribution in [2.24, 2.45) is 0 Å². The van der Waals surface area contributed by atoms with Crippen molar-refractivity contribution < 1.29 is 13.6 Å². The van der Waals surface area contributed by atoms with Crippen molar-refractivity contribution >= 4 is 28.3 Å². The second-order valence-corrected chi connectivity index (χ2v) is 7.95. The third kappa shape index (κ3) is 3.43. The first-order chi connectivity index (χ1) is 14.5. The molecule has 1 N–H and O–H groups in total. The number of hydrogen-bond donors (Lipinski definition) is 1. The van der Waals surface area contributed by atoms with E-state index in [9.17, 15) is 9.18 Å². The first-order valence-electron chi connectivity index (χ1n) is 10.0. The lowest BCUT2D eigenvalue weighted by atomic mass is 9.93. The number of carbonyl (C=O) groups is 1. The molecule has 0 aliphatic carbocycles. The molecule has 1 saturated heterocycles. The number of hydrogen-bond acceptors (Lipinski definition) is 5. The number of carbonyl (C=O) groups excluding carboxylic acids is 1. The van der Waals surface area contributed by atoms with Gasteiger partial charge in [0.05, 0.1) is 11.4 Å². The van der Waals surface area contributed by atoms with Crippen LogP contribution in [0.5, 0.6) is 0 Å². The highest BCUT2D eigenvalue weighted by Crippen LogP contribution is 2.28. The maximum absolute atomic E-state index is 14.3. The zero-order valence-electron chi connectivity index (χ0n) is 16.9. The molecule has 4 aromatic rings. The van der Waals surface area contributed by atoms with Crippen LogP contribution in [0.15, 0.2) is 41.1 Å². The minimum Gasteiger partial charge on any atom is -0.449 e. The molecule has 154 valence electrons. The highest BCUT2D eigenvalue weighted by Gasteiger charge is 2.21. The molecule has 0 atom stereocenters. The molecule has 30 heavy (non-hydrogen) atoms. The Bertz CT molecular complexity index is 1250. The second-order valence-electron chi connectivity index (χ2n) is 7.95. The van der Waals surface area contributed by atoms with Crippen LogP contribution < -0.4 is 5.32 Å². The molecule has 1 fully saturated rings. The van der Waals surface area contributed by atoms with Gasteiger partial charge in [-0.15, -0.1) is 0 Å². The number of pyridine rings is 2. The minimum atomic E-state index is -0.505. The Morgan fingerprint density at radius 3 is 2.80 bits per heavy atom. The molecule has 5 heterocycles. The topological polar surface area (TPSA) is 75.7 Å². The van der Waals surface area contributed by atoms with Crippen molar-refractivity contribution in [3.8, 4) is 0 Å². The van der Waals surface area contributed by atoms with Crippen LogP contribution in [0.25, 0.3) is 16.7 Å². The summed E-state index contributed by atoms with van der Waals surface area (Å²) < 4.78 is 21.5. The van der Waals surface area contributed by atoms with Crippen LogP contribution in [0, 0.1) is 12.7 Å². The molecule has 8 heteroatoms. The monoisotopic (exact) mass is 407 g/mol. The summed E-state index contributed by atoms with van der Waals surface area (Å²) in [6.07, 6.45) is 5.46. The molecule has 0 aromatic carbocycles. The van der Waals surface area contributed by atoms with Crippen molar-refractivity contribution in [2.75, 3.05) is 25.5 Å². The van der Waals surface area contributed by atoms with Gasteiger partial charge in [0.2, 0.25) is 0 Å². The molecule has 0 spiro atoms. The number of piperidine rings is 1. The predicted molar refractivity (Wildman–Crippen MR) is 111 cm³/mol. The molecule has 1 amide bonds. The summed E-state index contributed by atoms with van der Waals surface area (Å²) in [5.41, 5.74) is 3.49. The van der Waals surface area contributed by atoms with E-state index >= 15 is 0 Å². The minimum absolute atomic E-state index is 0.139. The van der Waals surface area contributed by atoms with E-state index in [0.717, 1.165) is 31.6 Å². The normalized spacial score (nSPS) is 15.8. The van der Waals surface area contributed by atoms with E-state index in [1.807, 2.05) is 12.1 Å². The molecule has 7 nitrogen and oxygen atoms in total. The fourth-order valence-corrected chi connectivity index (χ4v) is 4.02. The Kier molecular flexibility index (Phi) is 4.51. The summed E-state index contributed by atoms with van der Waals surface area (Å²) in [5.74, 6) is -0.397. The molecule has 4 aromatic heterocycles. The maximum atomic E-state index is 14.3. The van der Waals surface area contributed by atoms with Gasteiger partial charge in [-0.05, 0) is 52.0 Å². The van der Waals surface area contributed by atoms with Crippen LogP contribution in [0.2, 0.25) is 0 Å². The van der Waals surface area contributed by atoms with Crippen molar-refractivity contribution in [1.82, 2.24) is 19.3 Å². The van der Waals surface area contributed by atoms with Crippen LogP contribution in [0.3, 0.4) is 0 Å². The molecule has 0 saturated carbocycles. The summed E-state index contributed by atoms with van der Waals surface area (Å²) in [7, 11) is 2.13. The molecule has 5 rings (SSSR count). The standard InChI is InChI=1S/C22H22FN5O2/c1-13-11-28-12-15(9-16(23)21(28)24-13)25-22(29)20-10-18-19(30-20)4-3-17(26-18)14-5-7-27(2)8-6-14/h3-4,9-12,14H,5-8H2,1-2H3,(H,25,29). The van der Waals surface area contributed by atoms with Gasteiger partial charge in [-0.25, -0.2) is 14.4 Å². The van der Waals surface area contributed by atoms with E-state index in [-0.39, 0.29) is 11.4 Å². The van der Waals surface area contributed by atoms with E-state index in [0.29, 0.717) is 28.4 Å². The average molecular weight is 407 g/mol. The maximum Gasteiger partial charge on any atom is 0.291 e. The van der Waals surface area contributed by atoms with Gasteiger partial charge < -0.3 is 19.0 Å². The Morgan fingerprint density at radius 1 is 1.20 bits per heavy atom. The summed E-state index contributed by atoms with van der Waals surface area (Å²) in [5, 5.41) is 2.69. The van der Waals surface area contributed by atoms with Crippen LogP contribution in [-0.2, 0) is 0 Å². The number of imidazole rings is 1. The van der Waals surface area contributed by atoms with Gasteiger partial charge in [0.15, 0.2) is 22.8 Å². The number of fused-ring (bicyclic) bond motifs is 2. The largest absolute Gasteiger partial charge is 0.449 e. The molecule has 1 aliphatic heterocycles. The molecule has 0 radical (unpaired) electrons. The summed E-state index contributed by atoms with van der Waals surface area (Å²) in [6.45, 7) is 3.90. The van der Waals surface area contributed by atoms with E-state index in [1.165, 1.54) is 6.07 Å².